The van der Waals surface area contributed by atoms with Crippen LogP contribution in [0, 0.1) is 0 Å². The van der Waals surface area contributed by atoms with Crippen LogP contribution in [0.25, 0.3) is 0 Å². The molecule has 2 rings (SSSR count). The summed E-state index contributed by atoms with van der Waals surface area (Å²) in [6.45, 7) is 8.53. The van der Waals surface area contributed by atoms with Gasteiger partial charge in [-0.2, -0.15) is 0 Å². The van der Waals surface area contributed by atoms with E-state index in [1.807, 2.05) is 0 Å². The van der Waals surface area contributed by atoms with Crippen LogP contribution in [0.5, 0.6) is 0 Å². The van der Waals surface area contributed by atoms with E-state index in [2.05, 4.69) is 45.2 Å². The highest BCUT2D eigenvalue weighted by molar-refractivity contribution is 5.25. The number of quaternary nitrogens is 1. The Morgan fingerprint density at radius 2 is 1.89 bits per heavy atom. The topological polar surface area (TPSA) is 0 Å². The molecule has 1 atom stereocenters. The van der Waals surface area contributed by atoms with Crippen LogP contribution in [0.3, 0.4) is 0 Å². The molecule has 1 unspecified atom stereocenters. The number of benzene rings is 1. The molecule has 0 saturated carbocycles. The molecule has 1 heteroatoms. The summed E-state index contributed by atoms with van der Waals surface area (Å²) in [5.41, 5.74) is 3.04. The zero-order chi connectivity index (χ0) is 13.0. The lowest BCUT2D eigenvalue weighted by Crippen LogP contribution is -2.46. The molecule has 1 aliphatic rings. The lowest BCUT2D eigenvalue weighted by molar-refractivity contribution is -0.926. The lowest BCUT2D eigenvalue weighted by Gasteiger charge is -2.38. The van der Waals surface area contributed by atoms with Gasteiger partial charge in [0, 0.05) is 5.56 Å². The summed E-state index contributed by atoms with van der Waals surface area (Å²) in [7, 11) is 2.43. The smallest absolute Gasteiger partial charge is 0.104 e. The first-order chi connectivity index (χ1) is 8.63. The van der Waals surface area contributed by atoms with Gasteiger partial charge in [0.15, 0.2) is 0 Å². The molecule has 0 amide bonds. The highest BCUT2D eigenvalue weighted by Gasteiger charge is 2.24. The molecule has 0 spiro atoms. The van der Waals surface area contributed by atoms with E-state index in [-0.39, 0.29) is 0 Å². The van der Waals surface area contributed by atoms with Crippen LogP contribution in [0.15, 0.2) is 24.3 Å². The molecule has 1 nitrogen and oxygen atoms in total. The maximum atomic E-state index is 2.44. The summed E-state index contributed by atoms with van der Waals surface area (Å²) in [5.74, 6) is 0.691. The Balaban J connectivity index is 2.09. The van der Waals surface area contributed by atoms with E-state index < -0.39 is 0 Å². The van der Waals surface area contributed by atoms with Gasteiger partial charge in [0.25, 0.3) is 0 Å². The molecule has 1 aromatic rings. The Bertz CT molecular complexity index is 377. The number of rotatable bonds is 4. The summed E-state index contributed by atoms with van der Waals surface area (Å²) in [6.07, 6.45) is 5.47. The van der Waals surface area contributed by atoms with E-state index in [0.29, 0.717) is 5.92 Å². The van der Waals surface area contributed by atoms with Crippen molar-refractivity contribution in [3.8, 4) is 0 Å². The van der Waals surface area contributed by atoms with Crippen LogP contribution >= 0.6 is 0 Å². The second-order valence-corrected chi connectivity index (χ2v) is 6.34. The van der Waals surface area contributed by atoms with Crippen LogP contribution < -0.4 is 0 Å². The Morgan fingerprint density at radius 3 is 2.56 bits per heavy atom. The third-order valence-electron chi connectivity index (χ3n) is 4.59. The average molecular weight is 246 g/mol. The second-order valence-electron chi connectivity index (χ2n) is 6.34. The van der Waals surface area contributed by atoms with Gasteiger partial charge in [-0.15, -0.1) is 0 Å². The first-order valence-corrected chi connectivity index (χ1v) is 7.55. The van der Waals surface area contributed by atoms with Crippen molar-refractivity contribution < 1.29 is 4.48 Å². The van der Waals surface area contributed by atoms with Crippen molar-refractivity contribution in [1.29, 1.82) is 0 Å². The maximum Gasteiger partial charge on any atom is 0.104 e. The fourth-order valence-electron chi connectivity index (χ4n) is 3.11. The molecule has 0 N–H and O–H groups in total. The third kappa shape index (κ3) is 3.35. The number of likely N-dealkylation sites (tertiary alicyclic amines) is 1. The molecule has 1 fully saturated rings. The second kappa shape index (κ2) is 5.88. The highest BCUT2D eigenvalue weighted by Crippen LogP contribution is 2.23. The molecule has 100 valence electrons. The van der Waals surface area contributed by atoms with E-state index in [4.69, 9.17) is 0 Å². The van der Waals surface area contributed by atoms with Gasteiger partial charge in [0.05, 0.1) is 20.1 Å². The third-order valence-corrected chi connectivity index (χ3v) is 4.59. The van der Waals surface area contributed by atoms with Crippen molar-refractivity contribution in [3.05, 3.63) is 35.4 Å². The molecule has 1 aliphatic heterocycles. The SMILES string of the molecule is CCC(C)c1cccc(C[N+]2(C)CCCCC2)c1. The van der Waals surface area contributed by atoms with Crippen LogP contribution in [-0.2, 0) is 6.54 Å². The van der Waals surface area contributed by atoms with Crippen molar-refractivity contribution in [2.45, 2.75) is 52.0 Å². The predicted molar refractivity (Wildman–Crippen MR) is 78.6 cm³/mol. The Morgan fingerprint density at radius 1 is 1.17 bits per heavy atom. The first kappa shape index (κ1) is 13.6. The Labute approximate surface area is 112 Å². The van der Waals surface area contributed by atoms with Gasteiger partial charge in [0.1, 0.15) is 6.54 Å². The Hall–Kier alpha value is -0.820. The number of nitrogens with zero attached hydrogens (tertiary/aromatic N) is 1. The maximum absolute atomic E-state index is 2.44. The van der Waals surface area contributed by atoms with Gasteiger partial charge >= 0.3 is 0 Å². The molecule has 18 heavy (non-hydrogen) atoms. The van der Waals surface area contributed by atoms with Gasteiger partial charge in [-0.25, -0.2) is 0 Å². The zero-order valence-electron chi connectivity index (χ0n) is 12.3. The van der Waals surface area contributed by atoms with Crippen LogP contribution in [-0.4, -0.2) is 24.6 Å². The molecular weight excluding hydrogens is 218 g/mol. The van der Waals surface area contributed by atoms with Gasteiger partial charge in [-0.3, -0.25) is 0 Å². The zero-order valence-corrected chi connectivity index (χ0v) is 12.3. The molecule has 1 heterocycles. The molecule has 0 radical (unpaired) electrons. The van der Waals surface area contributed by atoms with Crippen molar-refractivity contribution in [3.63, 3.8) is 0 Å². The first-order valence-electron chi connectivity index (χ1n) is 7.55. The summed E-state index contributed by atoms with van der Waals surface area (Å²) in [5, 5.41) is 0. The van der Waals surface area contributed by atoms with Crippen molar-refractivity contribution in [2.75, 3.05) is 20.1 Å². The Kier molecular flexibility index (Phi) is 4.45. The molecule has 0 aromatic heterocycles. The summed E-state index contributed by atoms with van der Waals surface area (Å²) in [4.78, 5) is 0. The largest absolute Gasteiger partial charge is 0.322 e. The minimum Gasteiger partial charge on any atom is -0.322 e. The van der Waals surface area contributed by atoms with Gasteiger partial charge in [-0.1, -0.05) is 32.0 Å². The predicted octanol–water partition coefficient (Wildman–Crippen LogP) is 4.33. The number of hydrogen-bond acceptors (Lipinski definition) is 0. The normalized spacial score (nSPS) is 20.6. The molecule has 1 aromatic carbocycles. The van der Waals surface area contributed by atoms with Gasteiger partial charge < -0.3 is 4.48 Å². The van der Waals surface area contributed by atoms with E-state index in [0.717, 1.165) is 0 Å². The average Bonchev–Trinajstić information content (AvgIpc) is 2.38. The standard InChI is InChI=1S/C17H28N/c1-4-15(2)17-10-8-9-16(13-17)14-18(3)11-6-5-7-12-18/h8-10,13,15H,4-7,11-12,14H2,1-3H3/q+1. The fourth-order valence-corrected chi connectivity index (χ4v) is 3.11. The van der Waals surface area contributed by atoms with Crippen molar-refractivity contribution >= 4 is 0 Å². The molecule has 0 bridgehead atoms. The number of hydrogen-bond donors (Lipinski definition) is 0. The van der Waals surface area contributed by atoms with Crippen molar-refractivity contribution in [2.24, 2.45) is 0 Å². The van der Waals surface area contributed by atoms with E-state index in [1.165, 1.54) is 60.9 Å². The summed E-state index contributed by atoms with van der Waals surface area (Å²) >= 11 is 0. The van der Waals surface area contributed by atoms with Crippen LogP contribution in [0.1, 0.15) is 56.6 Å². The monoisotopic (exact) mass is 246 g/mol. The van der Waals surface area contributed by atoms with Crippen LogP contribution in [0.4, 0.5) is 0 Å². The summed E-state index contributed by atoms with van der Waals surface area (Å²) in [6, 6.07) is 9.27. The lowest BCUT2D eigenvalue weighted by atomic mass is 9.96. The van der Waals surface area contributed by atoms with E-state index >= 15 is 0 Å². The van der Waals surface area contributed by atoms with Crippen molar-refractivity contribution in [1.82, 2.24) is 0 Å². The van der Waals surface area contributed by atoms with Gasteiger partial charge in [-0.05, 0) is 43.2 Å². The van der Waals surface area contributed by atoms with Crippen LogP contribution in [0.2, 0.25) is 0 Å². The minimum atomic E-state index is 0.691. The van der Waals surface area contributed by atoms with E-state index in [1.54, 1.807) is 0 Å². The minimum absolute atomic E-state index is 0.691. The molecule has 0 aliphatic carbocycles. The quantitative estimate of drug-likeness (QED) is 0.694. The number of piperidine rings is 1. The highest BCUT2D eigenvalue weighted by atomic mass is 15.3. The van der Waals surface area contributed by atoms with Gasteiger partial charge in [0.2, 0.25) is 0 Å². The molecular formula is C17H28N+. The fraction of sp³-hybridized carbons (Fsp3) is 0.647. The summed E-state index contributed by atoms with van der Waals surface area (Å²) < 4.78 is 1.24. The van der Waals surface area contributed by atoms with E-state index in [9.17, 15) is 0 Å². The molecule has 1 saturated heterocycles.